The normalized spacial score (nSPS) is 36.2. The van der Waals surface area contributed by atoms with Gasteiger partial charge < -0.3 is 0 Å². The van der Waals surface area contributed by atoms with Gasteiger partial charge in [-0.3, -0.25) is 0 Å². The Morgan fingerprint density at radius 1 is 1.75 bits per heavy atom. The quantitative estimate of drug-likeness (QED) is 0.378. The molecular formula is C5H11N2S+. The number of hydrogen-bond donors (Lipinski definition) is 0. The van der Waals surface area contributed by atoms with Crippen LogP contribution in [0.5, 0.6) is 0 Å². The van der Waals surface area contributed by atoms with Crippen molar-refractivity contribution in [1.29, 1.82) is 0 Å². The molecule has 1 aliphatic rings. The Labute approximate surface area is 54.3 Å². The molecular weight excluding hydrogens is 120 g/mol. The summed E-state index contributed by atoms with van der Waals surface area (Å²) in [6.45, 7) is 2.15. The summed E-state index contributed by atoms with van der Waals surface area (Å²) >= 11 is 1.82. The number of rotatable bonds is 1. The molecule has 0 aliphatic carbocycles. The zero-order valence-corrected chi connectivity index (χ0v) is 6.11. The molecule has 0 aromatic rings. The van der Waals surface area contributed by atoms with Crippen molar-refractivity contribution in [2.75, 3.05) is 26.4 Å². The highest BCUT2D eigenvalue weighted by molar-refractivity contribution is 7.93. The largest absolute Gasteiger partial charge is 0.235 e. The van der Waals surface area contributed by atoms with E-state index in [0.717, 1.165) is 17.0 Å². The third kappa shape index (κ3) is 1.03. The minimum absolute atomic E-state index is 0.944. The van der Waals surface area contributed by atoms with Gasteiger partial charge in [0.15, 0.2) is 6.34 Å². The molecule has 1 heterocycles. The molecule has 0 fully saturated rings. The zero-order valence-electron chi connectivity index (χ0n) is 5.29. The number of aliphatic imine (C=N–C) groups is 1. The van der Waals surface area contributed by atoms with Crippen molar-refractivity contribution in [3.63, 3.8) is 0 Å². The van der Waals surface area contributed by atoms with Crippen LogP contribution in [0.1, 0.15) is 0 Å². The summed E-state index contributed by atoms with van der Waals surface area (Å²) in [5.41, 5.74) is 0. The molecule has 0 saturated heterocycles. The first-order valence-corrected chi connectivity index (χ1v) is 3.87. The first-order chi connectivity index (χ1) is 3.77. The molecule has 0 spiro atoms. The summed E-state index contributed by atoms with van der Waals surface area (Å²) in [5, 5.41) is 0. The fraction of sp³-hybridized carbons (Fsp3) is 0.800. The summed E-state index contributed by atoms with van der Waals surface area (Å²) in [6, 6.07) is 0. The van der Waals surface area contributed by atoms with Crippen molar-refractivity contribution in [3.05, 3.63) is 0 Å². The molecule has 1 aliphatic heterocycles. The monoisotopic (exact) mass is 131 g/mol. The van der Waals surface area contributed by atoms with E-state index in [1.165, 1.54) is 0 Å². The van der Waals surface area contributed by atoms with Gasteiger partial charge in [0.2, 0.25) is 0 Å². The van der Waals surface area contributed by atoms with Crippen LogP contribution in [0.25, 0.3) is 0 Å². The van der Waals surface area contributed by atoms with Gasteiger partial charge in [0, 0.05) is 6.26 Å². The summed E-state index contributed by atoms with van der Waals surface area (Å²) in [6.07, 6.45) is 4.11. The molecule has 1 atom stereocenters. The van der Waals surface area contributed by atoms with Crippen LogP contribution in [0, 0.1) is 0 Å². The van der Waals surface area contributed by atoms with Gasteiger partial charge in [0.1, 0.15) is 6.54 Å². The van der Waals surface area contributed by atoms with Crippen LogP contribution in [0.15, 0.2) is 4.99 Å². The van der Waals surface area contributed by atoms with Crippen LogP contribution in [0.4, 0.5) is 0 Å². The number of hydrogen-bond acceptors (Lipinski definition) is 2. The van der Waals surface area contributed by atoms with E-state index in [2.05, 4.69) is 18.3 Å². The van der Waals surface area contributed by atoms with E-state index in [1.54, 1.807) is 0 Å². The molecule has 0 amide bonds. The first-order valence-electron chi connectivity index (χ1n) is 2.69. The van der Waals surface area contributed by atoms with Crippen LogP contribution in [0.2, 0.25) is 0 Å². The Morgan fingerprint density at radius 3 is 2.75 bits per heavy atom. The lowest BCUT2D eigenvalue weighted by Gasteiger charge is -2.18. The summed E-state index contributed by atoms with van der Waals surface area (Å²) in [4.78, 5) is 4.13. The number of likely N-dealkylation sites (N-methyl/N-ethyl adjacent to an activating group) is 1. The number of nitrogens with zero attached hydrogens (tertiary/aromatic N) is 2. The van der Waals surface area contributed by atoms with Gasteiger partial charge in [0.05, 0.1) is 25.5 Å². The maximum absolute atomic E-state index is 4.13. The van der Waals surface area contributed by atoms with E-state index in [9.17, 15) is 0 Å². The van der Waals surface area contributed by atoms with Gasteiger partial charge in [-0.2, -0.15) is 0 Å². The smallest absolute Gasteiger partial charge is 0.197 e. The molecule has 1 rings (SSSR count). The minimum atomic E-state index is 0.944. The Morgan fingerprint density at radius 2 is 2.50 bits per heavy atom. The first kappa shape index (κ1) is 6.11. The molecule has 2 nitrogen and oxygen atoms in total. The molecule has 0 aromatic heterocycles. The summed E-state index contributed by atoms with van der Waals surface area (Å²) < 4.78 is 0.944. The Hall–Kier alpha value is -0.0200. The van der Waals surface area contributed by atoms with Gasteiger partial charge in [-0.25, -0.2) is 8.88 Å². The highest BCUT2D eigenvalue weighted by atomic mass is 32.2. The van der Waals surface area contributed by atoms with Crippen molar-refractivity contribution in [3.8, 4) is 0 Å². The molecule has 46 valence electrons. The van der Waals surface area contributed by atoms with E-state index in [4.69, 9.17) is 0 Å². The van der Waals surface area contributed by atoms with Crippen LogP contribution in [-0.4, -0.2) is 36.6 Å². The average molecular weight is 131 g/mol. The summed E-state index contributed by atoms with van der Waals surface area (Å²) in [7, 11) is 2.17. The highest BCUT2D eigenvalue weighted by Crippen LogP contribution is 2.16. The molecule has 8 heavy (non-hydrogen) atoms. The molecule has 0 aromatic carbocycles. The van der Waals surface area contributed by atoms with E-state index < -0.39 is 0 Å². The second kappa shape index (κ2) is 2.07. The third-order valence-electron chi connectivity index (χ3n) is 1.42. The lowest BCUT2D eigenvalue weighted by atomic mass is 10.6. The molecule has 1 unspecified atom stereocenters. The van der Waals surface area contributed by atoms with Gasteiger partial charge in [-0.1, -0.05) is 0 Å². The Bertz CT molecular complexity index is 113. The van der Waals surface area contributed by atoms with Crippen LogP contribution in [-0.2, 0) is 0 Å². The third-order valence-corrected chi connectivity index (χ3v) is 2.53. The fourth-order valence-electron chi connectivity index (χ4n) is 0.683. The van der Waals surface area contributed by atoms with E-state index in [0.29, 0.717) is 0 Å². The van der Waals surface area contributed by atoms with Gasteiger partial charge in [-0.15, -0.1) is 0 Å². The second-order valence-electron chi connectivity index (χ2n) is 2.10. The van der Waals surface area contributed by atoms with Crippen LogP contribution in [0.3, 0.4) is 0 Å². The zero-order chi connectivity index (χ0) is 6.04. The minimum Gasteiger partial charge on any atom is -0.235 e. The topological polar surface area (TPSA) is 12.4 Å². The number of quaternary nitrogens is 1. The molecule has 0 saturated carbocycles. The lowest BCUT2D eigenvalue weighted by molar-refractivity contribution is -0.656. The second-order valence-corrected chi connectivity index (χ2v) is 3.30. The van der Waals surface area contributed by atoms with E-state index >= 15 is 0 Å². The van der Waals surface area contributed by atoms with Crippen molar-refractivity contribution >= 4 is 18.3 Å². The van der Waals surface area contributed by atoms with Crippen molar-refractivity contribution < 1.29 is 3.89 Å². The molecule has 0 bridgehead atoms. The molecule has 0 radical (unpaired) electrons. The standard InChI is InChI=1S/C5H11N2S/c1-7(8-2)4-3-6-5-7/h5H,3-4H2,1-2H3/q+1. The SMILES string of the molecule is CS[N+]1(C)C=NCC1. The van der Waals surface area contributed by atoms with Crippen LogP contribution >= 0.6 is 11.9 Å². The predicted octanol–water partition coefficient (Wildman–Crippen LogP) is 0.753. The lowest BCUT2D eigenvalue weighted by Crippen LogP contribution is -2.32. The van der Waals surface area contributed by atoms with Crippen molar-refractivity contribution in [1.82, 2.24) is 0 Å². The molecule has 3 heteroatoms. The Kier molecular flexibility index (Phi) is 1.58. The maximum atomic E-state index is 4.13. The van der Waals surface area contributed by atoms with Crippen molar-refractivity contribution in [2.45, 2.75) is 0 Å². The van der Waals surface area contributed by atoms with Gasteiger partial charge in [-0.05, 0) is 0 Å². The molecule has 0 N–H and O–H groups in total. The highest BCUT2D eigenvalue weighted by Gasteiger charge is 2.22. The van der Waals surface area contributed by atoms with Crippen LogP contribution < -0.4 is 0 Å². The maximum Gasteiger partial charge on any atom is 0.197 e. The average Bonchev–Trinajstić information content (AvgIpc) is 2.17. The fourth-order valence-corrected chi connectivity index (χ4v) is 1.11. The van der Waals surface area contributed by atoms with E-state index in [1.807, 2.05) is 18.3 Å². The van der Waals surface area contributed by atoms with Gasteiger partial charge in [0.25, 0.3) is 0 Å². The van der Waals surface area contributed by atoms with Gasteiger partial charge >= 0.3 is 0 Å². The summed E-state index contributed by atoms with van der Waals surface area (Å²) in [5.74, 6) is 0. The van der Waals surface area contributed by atoms with Crippen molar-refractivity contribution in [2.24, 2.45) is 4.99 Å². The predicted molar refractivity (Wildman–Crippen MR) is 37.9 cm³/mol. The van der Waals surface area contributed by atoms with E-state index in [-0.39, 0.29) is 0 Å². The Balaban J connectivity index is 2.54.